The van der Waals surface area contributed by atoms with Gasteiger partial charge < -0.3 is 19.9 Å². The first-order valence-corrected chi connectivity index (χ1v) is 10.4. The molecule has 0 atom stereocenters. The van der Waals surface area contributed by atoms with Crippen molar-refractivity contribution in [2.75, 3.05) is 43.1 Å². The summed E-state index contributed by atoms with van der Waals surface area (Å²) in [7, 11) is 1.68. The van der Waals surface area contributed by atoms with E-state index in [1.54, 1.807) is 19.5 Å². The molecule has 1 saturated heterocycles. The van der Waals surface area contributed by atoms with E-state index in [4.69, 9.17) is 4.74 Å². The minimum absolute atomic E-state index is 0.152. The second-order valence-electron chi connectivity index (χ2n) is 6.73. The first-order chi connectivity index (χ1) is 14.2. The van der Waals surface area contributed by atoms with Crippen molar-refractivity contribution < 1.29 is 9.53 Å². The summed E-state index contributed by atoms with van der Waals surface area (Å²) >= 11 is 1.52. The number of pyridine rings is 1. The lowest BCUT2D eigenvalue weighted by molar-refractivity contribution is 0.0946. The van der Waals surface area contributed by atoms with Crippen molar-refractivity contribution in [2.45, 2.75) is 6.54 Å². The lowest BCUT2D eigenvalue weighted by Gasteiger charge is -2.36. The quantitative estimate of drug-likeness (QED) is 0.675. The number of piperazine rings is 1. The Morgan fingerprint density at radius 3 is 2.45 bits per heavy atom. The second-order valence-corrected chi connectivity index (χ2v) is 7.56. The molecule has 7 nitrogen and oxygen atoms in total. The maximum absolute atomic E-state index is 12.4. The molecule has 1 fully saturated rings. The first-order valence-electron chi connectivity index (χ1n) is 9.49. The molecule has 1 N–H and O–H groups in total. The topological polar surface area (TPSA) is 70.6 Å². The summed E-state index contributed by atoms with van der Waals surface area (Å²) in [5.41, 5.74) is 2.68. The average Bonchev–Trinajstić information content (AvgIpc) is 3.29. The highest BCUT2D eigenvalue weighted by Crippen LogP contribution is 2.25. The third-order valence-electron chi connectivity index (χ3n) is 4.91. The number of methoxy groups -OCH3 is 1. The molecule has 29 heavy (non-hydrogen) atoms. The van der Waals surface area contributed by atoms with Gasteiger partial charge in [0.25, 0.3) is 5.91 Å². The molecule has 0 spiro atoms. The minimum atomic E-state index is -0.152. The zero-order chi connectivity index (χ0) is 20.1. The molecule has 3 heterocycles. The number of rotatable bonds is 6. The van der Waals surface area contributed by atoms with Gasteiger partial charge in [0.15, 0.2) is 5.13 Å². The van der Waals surface area contributed by atoms with Crippen molar-refractivity contribution in [3.8, 4) is 5.75 Å². The van der Waals surface area contributed by atoms with E-state index in [1.165, 1.54) is 17.0 Å². The molecule has 1 aliphatic heterocycles. The van der Waals surface area contributed by atoms with Gasteiger partial charge in [0.2, 0.25) is 0 Å². The molecule has 0 radical (unpaired) electrons. The van der Waals surface area contributed by atoms with Crippen LogP contribution in [0.1, 0.15) is 16.1 Å². The number of carbonyl (C=O) groups excluding carboxylic acids is 1. The number of ether oxygens (including phenoxy) is 1. The number of benzene rings is 1. The minimum Gasteiger partial charge on any atom is -0.497 e. The average molecular weight is 410 g/mol. The Labute approximate surface area is 174 Å². The van der Waals surface area contributed by atoms with E-state index in [9.17, 15) is 4.79 Å². The van der Waals surface area contributed by atoms with E-state index in [1.807, 2.05) is 29.6 Å². The number of hydrogen-bond donors (Lipinski definition) is 1. The monoisotopic (exact) mass is 409 g/mol. The second kappa shape index (κ2) is 8.91. The van der Waals surface area contributed by atoms with E-state index >= 15 is 0 Å². The highest BCUT2D eigenvalue weighted by atomic mass is 32.1. The Balaban J connectivity index is 1.31. The maximum atomic E-state index is 12.4. The molecule has 0 aliphatic carbocycles. The van der Waals surface area contributed by atoms with Crippen molar-refractivity contribution in [1.82, 2.24) is 15.3 Å². The summed E-state index contributed by atoms with van der Waals surface area (Å²) in [5, 5.41) is 5.63. The summed E-state index contributed by atoms with van der Waals surface area (Å²) in [6.07, 6.45) is 3.43. The largest absolute Gasteiger partial charge is 0.497 e. The van der Waals surface area contributed by atoms with Crippen LogP contribution in [-0.2, 0) is 6.54 Å². The zero-order valence-corrected chi connectivity index (χ0v) is 17.1. The Morgan fingerprint density at radius 2 is 1.76 bits per heavy atom. The zero-order valence-electron chi connectivity index (χ0n) is 16.2. The van der Waals surface area contributed by atoms with E-state index in [-0.39, 0.29) is 5.91 Å². The summed E-state index contributed by atoms with van der Waals surface area (Å²) in [6, 6.07) is 11.9. The van der Waals surface area contributed by atoms with Gasteiger partial charge in [-0.2, -0.15) is 0 Å². The van der Waals surface area contributed by atoms with Crippen LogP contribution in [0.15, 0.2) is 54.2 Å². The standard InChI is InChI=1S/C21H23N5O2S/c1-28-18-4-2-17(3-5-18)25-10-12-26(13-11-25)21-24-19(15-29-21)20(27)23-14-16-6-8-22-9-7-16/h2-9,15H,10-14H2,1H3,(H,23,27). The van der Waals surface area contributed by atoms with Gasteiger partial charge in [-0.05, 0) is 42.0 Å². The van der Waals surface area contributed by atoms with Crippen molar-refractivity contribution in [2.24, 2.45) is 0 Å². The van der Waals surface area contributed by atoms with Gasteiger partial charge in [-0.1, -0.05) is 0 Å². The Kier molecular flexibility index (Phi) is 5.90. The van der Waals surface area contributed by atoms with Crippen LogP contribution >= 0.6 is 11.3 Å². The van der Waals surface area contributed by atoms with Crippen LogP contribution in [0.3, 0.4) is 0 Å². The predicted octanol–water partition coefficient (Wildman–Crippen LogP) is 2.80. The fourth-order valence-electron chi connectivity index (χ4n) is 3.24. The van der Waals surface area contributed by atoms with Crippen molar-refractivity contribution in [3.63, 3.8) is 0 Å². The summed E-state index contributed by atoms with van der Waals surface area (Å²) in [6.45, 7) is 4.04. The van der Waals surface area contributed by atoms with Gasteiger partial charge in [0, 0.05) is 56.2 Å². The van der Waals surface area contributed by atoms with Crippen LogP contribution in [0, 0.1) is 0 Å². The summed E-state index contributed by atoms with van der Waals surface area (Å²) < 4.78 is 5.23. The molecule has 0 unspecified atom stereocenters. The number of anilines is 2. The van der Waals surface area contributed by atoms with E-state index in [0.29, 0.717) is 12.2 Å². The molecule has 3 aromatic rings. The molecule has 8 heteroatoms. The van der Waals surface area contributed by atoms with Gasteiger partial charge >= 0.3 is 0 Å². The van der Waals surface area contributed by atoms with Gasteiger partial charge in [0.1, 0.15) is 11.4 Å². The van der Waals surface area contributed by atoms with Gasteiger partial charge in [0.05, 0.1) is 7.11 Å². The number of thiazole rings is 1. The normalized spacial score (nSPS) is 14.0. The molecular weight excluding hydrogens is 386 g/mol. The SMILES string of the molecule is COc1ccc(N2CCN(c3nc(C(=O)NCc4ccncc4)cs3)CC2)cc1. The van der Waals surface area contributed by atoms with Crippen LogP contribution in [-0.4, -0.2) is 49.2 Å². The van der Waals surface area contributed by atoms with E-state index in [2.05, 4.69) is 37.2 Å². The first kappa shape index (κ1) is 19.2. The van der Waals surface area contributed by atoms with E-state index < -0.39 is 0 Å². The Bertz CT molecular complexity index is 937. The summed E-state index contributed by atoms with van der Waals surface area (Å²) in [5.74, 6) is 0.714. The van der Waals surface area contributed by atoms with Crippen LogP contribution in [0.2, 0.25) is 0 Å². The molecule has 150 valence electrons. The number of nitrogens with zero attached hydrogens (tertiary/aromatic N) is 4. The molecule has 1 aromatic carbocycles. The van der Waals surface area contributed by atoms with Crippen LogP contribution in [0.4, 0.5) is 10.8 Å². The maximum Gasteiger partial charge on any atom is 0.271 e. The number of carbonyl (C=O) groups is 1. The molecule has 0 bridgehead atoms. The van der Waals surface area contributed by atoms with Gasteiger partial charge in [-0.15, -0.1) is 11.3 Å². The van der Waals surface area contributed by atoms with Crippen molar-refractivity contribution in [3.05, 3.63) is 65.4 Å². The molecular formula is C21H23N5O2S. The molecule has 4 rings (SSSR count). The van der Waals surface area contributed by atoms with Crippen LogP contribution < -0.4 is 19.9 Å². The number of hydrogen-bond acceptors (Lipinski definition) is 7. The highest BCUT2D eigenvalue weighted by molar-refractivity contribution is 7.13. The number of nitrogens with one attached hydrogen (secondary N) is 1. The van der Waals surface area contributed by atoms with Crippen LogP contribution in [0.5, 0.6) is 5.75 Å². The van der Waals surface area contributed by atoms with Crippen molar-refractivity contribution >= 4 is 28.1 Å². The van der Waals surface area contributed by atoms with Crippen LogP contribution in [0.25, 0.3) is 0 Å². The van der Waals surface area contributed by atoms with E-state index in [0.717, 1.165) is 42.6 Å². The molecule has 1 amide bonds. The smallest absolute Gasteiger partial charge is 0.271 e. The Morgan fingerprint density at radius 1 is 1.07 bits per heavy atom. The third-order valence-corrected chi connectivity index (χ3v) is 5.82. The predicted molar refractivity (Wildman–Crippen MR) is 115 cm³/mol. The summed E-state index contributed by atoms with van der Waals surface area (Å²) in [4.78, 5) is 25.5. The lowest BCUT2D eigenvalue weighted by atomic mass is 10.2. The Hall–Kier alpha value is -3.13. The number of aromatic nitrogens is 2. The third kappa shape index (κ3) is 4.65. The fourth-order valence-corrected chi connectivity index (χ4v) is 4.10. The molecule has 0 saturated carbocycles. The van der Waals surface area contributed by atoms with Crippen molar-refractivity contribution in [1.29, 1.82) is 0 Å². The lowest BCUT2D eigenvalue weighted by Crippen LogP contribution is -2.46. The molecule has 2 aromatic heterocycles. The number of amides is 1. The van der Waals surface area contributed by atoms with Gasteiger partial charge in [-0.3, -0.25) is 9.78 Å². The fraction of sp³-hybridized carbons (Fsp3) is 0.286. The van der Waals surface area contributed by atoms with Gasteiger partial charge in [-0.25, -0.2) is 4.98 Å². The highest BCUT2D eigenvalue weighted by Gasteiger charge is 2.21. The molecule has 1 aliphatic rings.